The van der Waals surface area contributed by atoms with Crippen LogP contribution in [-0.4, -0.2) is 98.4 Å². The molecule has 0 aromatic carbocycles. The minimum atomic E-state index is -4.18. The lowest BCUT2D eigenvalue weighted by molar-refractivity contribution is -0.252. The molecule has 122 valence electrons. The van der Waals surface area contributed by atoms with Gasteiger partial charge in [-0.3, -0.25) is 9.80 Å². The Kier molecular flexibility index (Phi) is 6.04. The molecule has 0 N–H and O–H groups in total. The minimum absolute atomic E-state index is 0.0792. The molecule has 0 radical (unpaired) electrons. The van der Waals surface area contributed by atoms with Crippen molar-refractivity contribution in [3.63, 3.8) is 0 Å². The van der Waals surface area contributed by atoms with Gasteiger partial charge in [0.25, 0.3) is 0 Å². The van der Waals surface area contributed by atoms with Gasteiger partial charge >= 0.3 is 6.30 Å². The first-order chi connectivity index (χ1) is 9.95. The summed E-state index contributed by atoms with van der Waals surface area (Å²) >= 11 is 0. The van der Waals surface area contributed by atoms with E-state index in [4.69, 9.17) is 0 Å². The molecule has 0 aromatic heterocycles. The molecule has 2 rings (SSSR count). The number of piperazine rings is 2. The molecule has 0 aromatic rings. The lowest BCUT2D eigenvalue weighted by atomic mass is 10.3. The third kappa shape index (κ3) is 5.58. The summed E-state index contributed by atoms with van der Waals surface area (Å²) in [6.07, 6.45) is 0.0480. The van der Waals surface area contributed by atoms with Crippen molar-refractivity contribution in [1.82, 2.24) is 19.6 Å². The molecule has 2 aliphatic heterocycles. The minimum Gasteiger partial charge on any atom is -0.304 e. The molecular weight excluding hydrogens is 281 g/mol. The van der Waals surface area contributed by atoms with E-state index in [0.717, 1.165) is 39.3 Å². The molecule has 0 unspecified atom stereocenters. The highest BCUT2D eigenvalue weighted by atomic mass is 19.4. The van der Waals surface area contributed by atoms with Crippen LogP contribution < -0.4 is 0 Å². The quantitative estimate of drug-likeness (QED) is 0.566. The van der Waals surface area contributed by atoms with Crippen molar-refractivity contribution < 1.29 is 13.2 Å². The number of hydrogen-bond acceptors (Lipinski definition) is 4. The monoisotopic (exact) mass is 306 g/mol. The standard InChI is InChI=1S/C14H25F3N4/c1-18-6-8-19(9-7-18)4-2-3-5-20-10-12-21(13-11-20)14(15,16)17/h2-3H,4-13H2,1H3/b3-2+. The Labute approximate surface area is 124 Å². The maximum atomic E-state index is 12.5. The van der Waals surface area contributed by atoms with E-state index in [1.807, 2.05) is 0 Å². The fourth-order valence-corrected chi connectivity index (χ4v) is 2.66. The molecule has 4 nitrogen and oxygen atoms in total. The molecular formula is C14H25F3N4. The molecule has 0 spiro atoms. The predicted octanol–water partition coefficient (Wildman–Crippen LogP) is 0.927. The lowest BCUT2D eigenvalue weighted by Crippen LogP contribution is -2.51. The second-order valence-corrected chi connectivity index (χ2v) is 5.83. The number of halogens is 3. The van der Waals surface area contributed by atoms with Crippen LogP contribution in [0.5, 0.6) is 0 Å². The zero-order chi connectivity index (χ0) is 15.3. The SMILES string of the molecule is CN1CCN(C/C=C/CN2CCN(C(F)(F)F)CC2)CC1. The highest BCUT2D eigenvalue weighted by Gasteiger charge is 2.38. The molecule has 7 heteroatoms. The van der Waals surface area contributed by atoms with Gasteiger partial charge in [-0.2, -0.15) is 13.2 Å². The van der Waals surface area contributed by atoms with Gasteiger partial charge in [0.2, 0.25) is 0 Å². The number of hydrogen-bond donors (Lipinski definition) is 0. The fourth-order valence-electron chi connectivity index (χ4n) is 2.66. The fraction of sp³-hybridized carbons (Fsp3) is 0.857. The first-order valence-corrected chi connectivity index (χ1v) is 7.55. The van der Waals surface area contributed by atoms with Crippen molar-refractivity contribution in [1.29, 1.82) is 0 Å². The van der Waals surface area contributed by atoms with Crippen molar-refractivity contribution in [3.05, 3.63) is 12.2 Å². The van der Waals surface area contributed by atoms with Crippen LogP contribution in [0.4, 0.5) is 13.2 Å². The van der Waals surface area contributed by atoms with E-state index in [2.05, 4.69) is 33.9 Å². The van der Waals surface area contributed by atoms with E-state index in [0.29, 0.717) is 18.0 Å². The third-order valence-electron chi connectivity index (χ3n) is 4.22. The van der Waals surface area contributed by atoms with Gasteiger partial charge < -0.3 is 4.90 Å². The Morgan fingerprint density at radius 3 is 1.62 bits per heavy atom. The lowest BCUT2D eigenvalue weighted by Gasteiger charge is -2.35. The van der Waals surface area contributed by atoms with Crippen molar-refractivity contribution in [2.45, 2.75) is 6.30 Å². The largest absolute Gasteiger partial charge is 0.460 e. The number of rotatable bonds is 4. The second-order valence-electron chi connectivity index (χ2n) is 5.83. The van der Waals surface area contributed by atoms with Gasteiger partial charge in [0.05, 0.1) is 0 Å². The van der Waals surface area contributed by atoms with Gasteiger partial charge in [0, 0.05) is 65.4 Å². The molecule has 2 saturated heterocycles. The Morgan fingerprint density at radius 1 is 0.762 bits per heavy atom. The maximum Gasteiger partial charge on any atom is 0.460 e. The highest BCUT2D eigenvalue weighted by Crippen LogP contribution is 2.22. The summed E-state index contributed by atoms with van der Waals surface area (Å²) in [5, 5.41) is 0. The topological polar surface area (TPSA) is 13.0 Å². The Morgan fingerprint density at radius 2 is 1.19 bits per heavy atom. The van der Waals surface area contributed by atoms with Gasteiger partial charge in [0.15, 0.2) is 0 Å². The zero-order valence-corrected chi connectivity index (χ0v) is 12.6. The van der Waals surface area contributed by atoms with E-state index in [1.165, 1.54) is 0 Å². The normalized spacial score (nSPS) is 25.0. The molecule has 0 saturated carbocycles. The summed E-state index contributed by atoms with van der Waals surface area (Å²) in [6.45, 7) is 7.20. The summed E-state index contributed by atoms with van der Waals surface area (Å²) in [4.78, 5) is 7.39. The van der Waals surface area contributed by atoms with Crippen molar-refractivity contribution >= 4 is 0 Å². The third-order valence-corrected chi connectivity index (χ3v) is 4.22. The van der Waals surface area contributed by atoms with Crippen molar-refractivity contribution in [2.75, 3.05) is 72.5 Å². The van der Waals surface area contributed by atoms with Crippen LogP contribution in [0.15, 0.2) is 12.2 Å². The maximum absolute atomic E-state index is 12.5. The summed E-state index contributed by atoms with van der Waals surface area (Å²) in [5.74, 6) is 0. The van der Waals surface area contributed by atoms with Crippen LogP contribution in [0.3, 0.4) is 0 Å². The number of nitrogens with zero attached hydrogens (tertiary/aromatic N) is 4. The molecule has 0 atom stereocenters. The number of likely N-dealkylation sites (N-methyl/N-ethyl adjacent to an activating group) is 1. The van der Waals surface area contributed by atoms with E-state index in [1.54, 1.807) is 0 Å². The average molecular weight is 306 g/mol. The van der Waals surface area contributed by atoms with Gasteiger partial charge in [-0.15, -0.1) is 0 Å². The van der Waals surface area contributed by atoms with E-state index in [-0.39, 0.29) is 13.1 Å². The van der Waals surface area contributed by atoms with Crippen LogP contribution in [0, 0.1) is 0 Å². The van der Waals surface area contributed by atoms with E-state index < -0.39 is 6.30 Å². The first-order valence-electron chi connectivity index (χ1n) is 7.55. The predicted molar refractivity (Wildman–Crippen MR) is 77.1 cm³/mol. The van der Waals surface area contributed by atoms with Gasteiger partial charge in [-0.1, -0.05) is 12.2 Å². The van der Waals surface area contributed by atoms with Crippen molar-refractivity contribution in [2.24, 2.45) is 0 Å². The van der Waals surface area contributed by atoms with Gasteiger partial charge in [-0.05, 0) is 7.05 Å². The van der Waals surface area contributed by atoms with E-state index in [9.17, 15) is 13.2 Å². The van der Waals surface area contributed by atoms with Gasteiger partial charge in [-0.25, -0.2) is 4.90 Å². The zero-order valence-electron chi connectivity index (χ0n) is 12.6. The molecule has 21 heavy (non-hydrogen) atoms. The molecule has 2 aliphatic rings. The Hall–Kier alpha value is -0.630. The summed E-state index contributed by atoms with van der Waals surface area (Å²) in [6, 6.07) is 0. The van der Waals surface area contributed by atoms with Crippen LogP contribution >= 0.6 is 0 Å². The Bertz CT molecular complexity index is 330. The summed E-state index contributed by atoms with van der Waals surface area (Å²) in [5.41, 5.74) is 0. The molecule has 0 aliphatic carbocycles. The summed E-state index contributed by atoms with van der Waals surface area (Å²) < 4.78 is 37.5. The van der Waals surface area contributed by atoms with E-state index >= 15 is 0 Å². The van der Waals surface area contributed by atoms with Crippen LogP contribution in [-0.2, 0) is 0 Å². The molecule has 2 heterocycles. The van der Waals surface area contributed by atoms with Crippen molar-refractivity contribution in [3.8, 4) is 0 Å². The van der Waals surface area contributed by atoms with Crippen LogP contribution in [0.1, 0.15) is 0 Å². The number of alkyl halides is 3. The van der Waals surface area contributed by atoms with Gasteiger partial charge in [0.1, 0.15) is 0 Å². The molecule has 2 fully saturated rings. The highest BCUT2D eigenvalue weighted by molar-refractivity contribution is 4.90. The smallest absolute Gasteiger partial charge is 0.304 e. The van der Waals surface area contributed by atoms with Crippen LogP contribution in [0.25, 0.3) is 0 Å². The molecule has 0 bridgehead atoms. The first kappa shape index (κ1) is 16.7. The van der Waals surface area contributed by atoms with Crippen LogP contribution in [0.2, 0.25) is 0 Å². The summed E-state index contributed by atoms with van der Waals surface area (Å²) in [7, 11) is 2.13. The Balaban J connectivity index is 1.60. The second kappa shape index (κ2) is 7.58. The molecule has 0 amide bonds. The average Bonchev–Trinajstić information content (AvgIpc) is 2.45.